The molecule has 0 spiro atoms. The maximum absolute atomic E-state index is 12.6. The van der Waals surface area contributed by atoms with Crippen molar-refractivity contribution in [2.24, 2.45) is 0 Å². The number of carbonyl (C=O) groups excluding carboxylic acids is 1. The lowest BCUT2D eigenvalue weighted by atomic mass is 10.0. The molecule has 2 aromatic carbocycles. The third-order valence-corrected chi connectivity index (χ3v) is 8.57. The molecule has 28 heavy (non-hydrogen) atoms. The van der Waals surface area contributed by atoms with E-state index in [-0.39, 0.29) is 5.91 Å². The van der Waals surface area contributed by atoms with Crippen LogP contribution < -0.4 is 5.32 Å². The summed E-state index contributed by atoms with van der Waals surface area (Å²) in [6, 6.07) is 16.6. The molecule has 0 aliphatic carbocycles. The predicted octanol–water partition coefficient (Wildman–Crippen LogP) is 5.08. The van der Waals surface area contributed by atoms with Crippen LogP contribution in [0.15, 0.2) is 48.5 Å². The van der Waals surface area contributed by atoms with Crippen molar-refractivity contribution < 1.29 is 4.79 Å². The highest BCUT2D eigenvalue weighted by atomic mass is 32.2. The van der Waals surface area contributed by atoms with Crippen molar-refractivity contribution in [3.63, 3.8) is 0 Å². The number of benzene rings is 2. The average Bonchev–Trinajstić information content (AvgIpc) is 3.29. The first-order valence-corrected chi connectivity index (χ1v) is 12.3. The van der Waals surface area contributed by atoms with Gasteiger partial charge in [-0.1, -0.05) is 42.8 Å². The highest BCUT2D eigenvalue weighted by Crippen LogP contribution is 2.45. The lowest BCUT2D eigenvalue weighted by Crippen LogP contribution is -2.30. The number of hydrogen-bond acceptors (Lipinski definition) is 4. The Hall–Kier alpha value is -1.43. The second-order valence-electron chi connectivity index (χ2n) is 7.48. The van der Waals surface area contributed by atoms with E-state index in [1.54, 1.807) is 0 Å². The number of carbonyl (C=O) groups is 1. The summed E-state index contributed by atoms with van der Waals surface area (Å²) >= 11 is 3.98. The molecular weight excluding hydrogens is 384 g/mol. The van der Waals surface area contributed by atoms with Gasteiger partial charge in [-0.05, 0) is 54.8 Å². The maximum atomic E-state index is 12.6. The van der Waals surface area contributed by atoms with E-state index in [0.29, 0.717) is 11.1 Å². The van der Waals surface area contributed by atoms with Crippen molar-refractivity contribution in [1.82, 2.24) is 10.2 Å². The number of rotatable bonds is 6. The summed E-state index contributed by atoms with van der Waals surface area (Å²) in [5.74, 6) is 2.44. The summed E-state index contributed by atoms with van der Waals surface area (Å²) in [7, 11) is 0. The van der Waals surface area contributed by atoms with Crippen LogP contribution in [0.25, 0.3) is 0 Å². The SMILES string of the molecule is O=C(NCc1ccccc1CN1CCCCC1)c1ccc(C2SCCS2)cc1. The predicted molar refractivity (Wildman–Crippen MR) is 121 cm³/mol. The Labute approximate surface area is 176 Å². The summed E-state index contributed by atoms with van der Waals surface area (Å²) in [6.45, 7) is 3.94. The molecule has 2 aliphatic heterocycles. The topological polar surface area (TPSA) is 32.3 Å². The Balaban J connectivity index is 1.35. The first kappa shape index (κ1) is 19.9. The molecule has 3 nitrogen and oxygen atoms in total. The van der Waals surface area contributed by atoms with Crippen LogP contribution in [0.2, 0.25) is 0 Å². The summed E-state index contributed by atoms with van der Waals surface area (Å²) in [6.07, 6.45) is 3.95. The molecule has 2 fully saturated rings. The monoisotopic (exact) mass is 412 g/mol. The van der Waals surface area contributed by atoms with Crippen molar-refractivity contribution in [2.75, 3.05) is 24.6 Å². The van der Waals surface area contributed by atoms with Crippen molar-refractivity contribution in [1.29, 1.82) is 0 Å². The average molecular weight is 413 g/mol. The van der Waals surface area contributed by atoms with Gasteiger partial charge in [0.2, 0.25) is 0 Å². The van der Waals surface area contributed by atoms with Crippen molar-refractivity contribution >= 4 is 29.4 Å². The molecule has 1 amide bonds. The van der Waals surface area contributed by atoms with Crippen LogP contribution in [0.1, 0.15) is 50.9 Å². The molecule has 0 aromatic heterocycles. The van der Waals surface area contributed by atoms with Crippen LogP contribution in [0.3, 0.4) is 0 Å². The lowest BCUT2D eigenvalue weighted by Gasteiger charge is -2.27. The van der Waals surface area contributed by atoms with E-state index in [0.717, 1.165) is 12.1 Å². The minimum atomic E-state index is 0.00561. The van der Waals surface area contributed by atoms with Crippen molar-refractivity contribution in [3.05, 3.63) is 70.8 Å². The molecule has 0 atom stereocenters. The molecule has 0 bridgehead atoms. The van der Waals surface area contributed by atoms with Crippen LogP contribution in [0.5, 0.6) is 0 Å². The molecule has 0 unspecified atom stereocenters. The zero-order chi connectivity index (χ0) is 19.2. The molecule has 2 heterocycles. The smallest absolute Gasteiger partial charge is 0.251 e. The van der Waals surface area contributed by atoms with Gasteiger partial charge in [-0.3, -0.25) is 9.69 Å². The van der Waals surface area contributed by atoms with E-state index in [1.165, 1.54) is 60.5 Å². The normalized spacial score (nSPS) is 18.3. The van der Waals surface area contributed by atoms with Gasteiger partial charge in [0.05, 0.1) is 4.58 Å². The summed E-state index contributed by atoms with van der Waals surface area (Å²) < 4.78 is 0.527. The maximum Gasteiger partial charge on any atom is 0.251 e. The van der Waals surface area contributed by atoms with Gasteiger partial charge in [-0.15, -0.1) is 23.5 Å². The zero-order valence-electron chi connectivity index (χ0n) is 16.2. The number of thioether (sulfide) groups is 2. The number of likely N-dealkylation sites (tertiary alicyclic amines) is 1. The van der Waals surface area contributed by atoms with E-state index in [2.05, 4.69) is 46.6 Å². The van der Waals surface area contributed by atoms with Gasteiger partial charge >= 0.3 is 0 Å². The van der Waals surface area contributed by atoms with Gasteiger partial charge in [0.25, 0.3) is 5.91 Å². The molecule has 5 heteroatoms. The fourth-order valence-electron chi connectivity index (χ4n) is 3.86. The fourth-order valence-corrected chi connectivity index (χ4v) is 6.72. The van der Waals surface area contributed by atoms with Crippen LogP contribution in [0.4, 0.5) is 0 Å². The first-order chi connectivity index (χ1) is 13.8. The number of nitrogens with one attached hydrogen (secondary N) is 1. The number of piperidine rings is 1. The molecule has 0 saturated carbocycles. The molecule has 4 rings (SSSR count). The van der Waals surface area contributed by atoms with E-state index in [4.69, 9.17) is 0 Å². The van der Waals surface area contributed by atoms with Gasteiger partial charge in [-0.2, -0.15) is 0 Å². The Bertz CT molecular complexity index is 781. The third-order valence-electron chi connectivity index (χ3n) is 5.47. The fraction of sp³-hybridized carbons (Fsp3) is 0.435. The molecule has 2 aromatic rings. The van der Waals surface area contributed by atoms with Crippen LogP contribution in [0, 0.1) is 0 Å². The van der Waals surface area contributed by atoms with Gasteiger partial charge in [-0.25, -0.2) is 0 Å². The van der Waals surface area contributed by atoms with E-state index >= 15 is 0 Å². The van der Waals surface area contributed by atoms with Crippen molar-refractivity contribution in [3.8, 4) is 0 Å². The number of hydrogen-bond donors (Lipinski definition) is 1. The van der Waals surface area contributed by atoms with Crippen molar-refractivity contribution in [2.45, 2.75) is 36.9 Å². The van der Waals surface area contributed by atoms with Gasteiger partial charge in [0, 0.05) is 30.2 Å². The Morgan fingerprint density at radius 2 is 1.61 bits per heavy atom. The molecular formula is C23H28N2OS2. The Morgan fingerprint density at radius 3 is 2.32 bits per heavy atom. The summed E-state index contributed by atoms with van der Waals surface area (Å²) in [5, 5.41) is 3.11. The zero-order valence-corrected chi connectivity index (χ0v) is 17.9. The van der Waals surface area contributed by atoms with E-state index in [1.807, 2.05) is 35.7 Å². The molecule has 0 radical (unpaired) electrons. The quantitative estimate of drug-likeness (QED) is 0.717. The number of amides is 1. The van der Waals surface area contributed by atoms with Crippen LogP contribution >= 0.6 is 23.5 Å². The van der Waals surface area contributed by atoms with Gasteiger partial charge < -0.3 is 5.32 Å². The summed E-state index contributed by atoms with van der Waals surface area (Å²) in [4.78, 5) is 15.1. The standard InChI is InChI=1S/C23H28N2OS2/c26-22(18-8-10-19(11-9-18)23-27-14-15-28-23)24-16-20-6-2-3-7-21(20)17-25-12-4-1-5-13-25/h2-3,6-11,23H,1,4-5,12-17H2,(H,24,26). The minimum Gasteiger partial charge on any atom is -0.348 e. The third kappa shape index (κ3) is 5.13. The highest BCUT2D eigenvalue weighted by molar-refractivity contribution is 8.19. The van der Waals surface area contributed by atoms with Crippen LogP contribution in [-0.4, -0.2) is 35.4 Å². The largest absolute Gasteiger partial charge is 0.348 e. The van der Waals surface area contributed by atoms with Gasteiger partial charge in [0.1, 0.15) is 0 Å². The minimum absolute atomic E-state index is 0.00561. The second kappa shape index (κ2) is 9.86. The lowest BCUT2D eigenvalue weighted by molar-refractivity contribution is 0.0950. The second-order valence-corrected chi connectivity index (χ2v) is 10.2. The molecule has 2 saturated heterocycles. The van der Waals surface area contributed by atoms with Gasteiger partial charge in [0.15, 0.2) is 0 Å². The molecule has 1 N–H and O–H groups in total. The number of nitrogens with zero attached hydrogens (tertiary/aromatic N) is 1. The van der Waals surface area contributed by atoms with Crippen LogP contribution in [-0.2, 0) is 13.1 Å². The Morgan fingerprint density at radius 1 is 0.929 bits per heavy atom. The molecule has 2 aliphatic rings. The highest BCUT2D eigenvalue weighted by Gasteiger charge is 2.18. The van der Waals surface area contributed by atoms with E-state index < -0.39 is 0 Å². The first-order valence-electron chi connectivity index (χ1n) is 10.2. The Kier molecular flexibility index (Phi) is 7.00. The van der Waals surface area contributed by atoms with E-state index in [9.17, 15) is 4.79 Å². The summed E-state index contributed by atoms with van der Waals surface area (Å²) in [5.41, 5.74) is 4.60. The molecule has 148 valence electrons.